The summed E-state index contributed by atoms with van der Waals surface area (Å²) >= 11 is 0. The SMILES string of the molecule is Cc1cccc(C2NCC(=O)N2CCCS(C)(=O)=O)c1. The van der Waals surface area contributed by atoms with Gasteiger partial charge in [-0.1, -0.05) is 29.8 Å². The molecule has 2 rings (SSSR count). The van der Waals surface area contributed by atoms with Crippen LogP contribution in [0.3, 0.4) is 0 Å². The van der Waals surface area contributed by atoms with Crippen molar-refractivity contribution in [2.24, 2.45) is 0 Å². The number of rotatable bonds is 5. The minimum Gasteiger partial charge on any atom is -0.322 e. The number of carbonyl (C=O) groups excluding carboxylic acids is 1. The van der Waals surface area contributed by atoms with Crippen molar-refractivity contribution in [3.05, 3.63) is 35.4 Å². The molecule has 1 unspecified atom stereocenters. The molecule has 0 saturated carbocycles. The predicted molar refractivity (Wildman–Crippen MR) is 78.0 cm³/mol. The van der Waals surface area contributed by atoms with Gasteiger partial charge in [-0.3, -0.25) is 10.1 Å². The van der Waals surface area contributed by atoms with E-state index in [9.17, 15) is 13.2 Å². The summed E-state index contributed by atoms with van der Waals surface area (Å²) in [5.41, 5.74) is 2.18. The van der Waals surface area contributed by atoms with Crippen LogP contribution in [0.1, 0.15) is 23.7 Å². The first-order valence-corrected chi connectivity index (χ1v) is 8.70. The number of aryl methyl sites for hydroxylation is 1. The van der Waals surface area contributed by atoms with E-state index in [-0.39, 0.29) is 17.8 Å². The van der Waals surface area contributed by atoms with Crippen LogP contribution >= 0.6 is 0 Å². The highest BCUT2D eigenvalue weighted by atomic mass is 32.2. The third-order valence-corrected chi connectivity index (χ3v) is 4.38. The first-order chi connectivity index (χ1) is 9.37. The molecule has 0 aliphatic carbocycles. The number of nitrogens with one attached hydrogen (secondary N) is 1. The quantitative estimate of drug-likeness (QED) is 0.875. The van der Waals surface area contributed by atoms with E-state index in [1.165, 1.54) is 6.26 Å². The van der Waals surface area contributed by atoms with E-state index in [0.29, 0.717) is 19.5 Å². The average molecular weight is 296 g/mol. The fourth-order valence-electron chi connectivity index (χ4n) is 2.43. The van der Waals surface area contributed by atoms with E-state index in [1.807, 2.05) is 31.2 Å². The number of carbonyl (C=O) groups is 1. The Morgan fingerprint density at radius 1 is 1.40 bits per heavy atom. The van der Waals surface area contributed by atoms with Gasteiger partial charge in [-0.2, -0.15) is 0 Å². The Morgan fingerprint density at radius 3 is 2.80 bits per heavy atom. The highest BCUT2D eigenvalue weighted by Gasteiger charge is 2.31. The zero-order valence-electron chi connectivity index (χ0n) is 11.8. The van der Waals surface area contributed by atoms with Crippen LogP contribution in [0.4, 0.5) is 0 Å². The number of sulfone groups is 1. The summed E-state index contributed by atoms with van der Waals surface area (Å²) in [6, 6.07) is 7.99. The molecule has 1 aliphatic heterocycles. The Balaban J connectivity index is 2.07. The molecule has 1 fully saturated rings. The summed E-state index contributed by atoms with van der Waals surface area (Å²) in [5, 5.41) is 3.17. The topological polar surface area (TPSA) is 66.5 Å². The Bertz CT molecular complexity index is 598. The predicted octanol–water partition coefficient (Wildman–Crippen LogP) is 0.860. The maximum Gasteiger partial charge on any atom is 0.238 e. The molecule has 0 spiro atoms. The van der Waals surface area contributed by atoms with Crippen molar-refractivity contribution in [3.8, 4) is 0 Å². The highest BCUT2D eigenvalue weighted by molar-refractivity contribution is 7.90. The number of nitrogens with zero attached hydrogens (tertiary/aromatic N) is 1. The van der Waals surface area contributed by atoms with Crippen molar-refractivity contribution in [2.45, 2.75) is 19.5 Å². The first-order valence-electron chi connectivity index (χ1n) is 6.64. The van der Waals surface area contributed by atoms with Gasteiger partial charge in [0.15, 0.2) is 0 Å². The fourth-order valence-corrected chi connectivity index (χ4v) is 3.08. The summed E-state index contributed by atoms with van der Waals surface area (Å²) in [6.45, 7) is 2.77. The Morgan fingerprint density at radius 2 is 2.15 bits per heavy atom. The lowest BCUT2D eigenvalue weighted by atomic mass is 10.1. The van der Waals surface area contributed by atoms with E-state index in [2.05, 4.69) is 5.32 Å². The molecular formula is C14H20N2O3S. The molecule has 1 N–H and O–H groups in total. The summed E-state index contributed by atoms with van der Waals surface area (Å²) in [5.74, 6) is 0.127. The summed E-state index contributed by atoms with van der Waals surface area (Å²) in [6.07, 6.45) is 1.53. The van der Waals surface area contributed by atoms with Crippen LogP contribution in [0.25, 0.3) is 0 Å². The number of hydrogen-bond donors (Lipinski definition) is 1. The van der Waals surface area contributed by atoms with Gasteiger partial charge in [-0.05, 0) is 18.9 Å². The maximum absolute atomic E-state index is 11.9. The summed E-state index contributed by atoms with van der Waals surface area (Å²) in [4.78, 5) is 13.6. The molecule has 0 bridgehead atoms. The molecule has 0 radical (unpaired) electrons. The first kappa shape index (κ1) is 15.0. The second-order valence-electron chi connectivity index (χ2n) is 5.27. The van der Waals surface area contributed by atoms with Gasteiger partial charge >= 0.3 is 0 Å². The van der Waals surface area contributed by atoms with E-state index in [0.717, 1.165) is 11.1 Å². The second-order valence-corrected chi connectivity index (χ2v) is 7.53. The molecule has 1 aliphatic rings. The van der Waals surface area contributed by atoms with Gasteiger partial charge in [0.25, 0.3) is 0 Å². The van der Waals surface area contributed by atoms with Crippen LogP contribution in [-0.4, -0.2) is 44.3 Å². The second kappa shape index (κ2) is 5.93. The zero-order chi connectivity index (χ0) is 14.8. The van der Waals surface area contributed by atoms with Crippen molar-refractivity contribution >= 4 is 15.7 Å². The Kier molecular flexibility index (Phi) is 4.45. The van der Waals surface area contributed by atoms with Gasteiger partial charge < -0.3 is 4.90 Å². The van der Waals surface area contributed by atoms with Crippen LogP contribution in [0.15, 0.2) is 24.3 Å². The van der Waals surface area contributed by atoms with Crippen LogP contribution in [0.5, 0.6) is 0 Å². The fraction of sp³-hybridized carbons (Fsp3) is 0.500. The van der Waals surface area contributed by atoms with Gasteiger partial charge in [0, 0.05) is 12.8 Å². The largest absolute Gasteiger partial charge is 0.322 e. The van der Waals surface area contributed by atoms with Crippen LogP contribution < -0.4 is 5.32 Å². The lowest BCUT2D eigenvalue weighted by molar-refractivity contribution is -0.128. The smallest absolute Gasteiger partial charge is 0.238 e. The van der Waals surface area contributed by atoms with Gasteiger partial charge in [0.1, 0.15) is 16.0 Å². The minimum atomic E-state index is -2.98. The van der Waals surface area contributed by atoms with Crippen LogP contribution in [-0.2, 0) is 14.6 Å². The van der Waals surface area contributed by atoms with Gasteiger partial charge in [0.2, 0.25) is 5.91 Å². The lowest BCUT2D eigenvalue weighted by Gasteiger charge is -2.24. The van der Waals surface area contributed by atoms with Crippen molar-refractivity contribution in [1.29, 1.82) is 0 Å². The standard InChI is InChI=1S/C14H20N2O3S/c1-11-5-3-6-12(9-11)14-15-10-13(17)16(14)7-4-8-20(2,18)19/h3,5-6,9,14-15H,4,7-8,10H2,1-2H3. The molecule has 1 aromatic carbocycles. The molecule has 5 nitrogen and oxygen atoms in total. The molecule has 110 valence electrons. The zero-order valence-corrected chi connectivity index (χ0v) is 12.6. The maximum atomic E-state index is 11.9. The van der Waals surface area contributed by atoms with Crippen LogP contribution in [0.2, 0.25) is 0 Å². The van der Waals surface area contributed by atoms with Crippen molar-refractivity contribution in [2.75, 3.05) is 25.1 Å². The minimum absolute atomic E-state index is 0.0185. The van der Waals surface area contributed by atoms with Crippen LogP contribution in [0, 0.1) is 6.92 Å². The lowest BCUT2D eigenvalue weighted by Crippen LogP contribution is -2.32. The molecule has 20 heavy (non-hydrogen) atoms. The number of amides is 1. The molecule has 1 amide bonds. The van der Waals surface area contributed by atoms with Crippen molar-refractivity contribution in [1.82, 2.24) is 10.2 Å². The normalized spacial score (nSPS) is 19.6. The third-order valence-electron chi connectivity index (χ3n) is 3.35. The summed E-state index contributed by atoms with van der Waals surface area (Å²) < 4.78 is 22.3. The Labute approximate surface area is 119 Å². The molecular weight excluding hydrogens is 276 g/mol. The van der Waals surface area contributed by atoms with Gasteiger partial charge in [-0.15, -0.1) is 0 Å². The van der Waals surface area contributed by atoms with E-state index < -0.39 is 9.84 Å². The molecule has 0 aromatic heterocycles. The molecule has 6 heteroatoms. The van der Waals surface area contributed by atoms with Crippen molar-refractivity contribution in [3.63, 3.8) is 0 Å². The average Bonchev–Trinajstić information content (AvgIpc) is 2.70. The van der Waals surface area contributed by atoms with E-state index >= 15 is 0 Å². The van der Waals surface area contributed by atoms with Gasteiger partial charge in [-0.25, -0.2) is 8.42 Å². The molecule has 1 heterocycles. The Hall–Kier alpha value is -1.40. The number of benzene rings is 1. The summed E-state index contributed by atoms with van der Waals surface area (Å²) in [7, 11) is -2.98. The molecule has 1 aromatic rings. The van der Waals surface area contributed by atoms with E-state index in [4.69, 9.17) is 0 Å². The third kappa shape index (κ3) is 3.80. The highest BCUT2D eigenvalue weighted by Crippen LogP contribution is 2.23. The molecule has 1 atom stereocenters. The number of hydrogen-bond acceptors (Lipinski definition) is 4. The van der Waals surface area contributed by atoms with Gasteiger partial charge in [0.05, 0.1) is 12.3 Å². The monoisotopic (exact) mass is 296 g/mol. The van der Waals surface area contributed by atoms with Crippen molar-refractivity contribution < 1.29 is 13.2 Å². The molecule has 1 saturated heterocycles. The van der Waals surface area contributed by atoms with E-state index in [1.54, 1.807) is 4.90 Å².